The Kier molecular flexibility index (Phi) is 7.65. The first kappa shape index (κ1) is 26.9. The van der Waals surface area contributed by atoms with E-state index >= 15 is 0 Å². The number of hydrogen-bond acceptors (Lipinski definition) is 10. The molecule has 38 heavy (non-hydrogen) atoms. The predicted molar refractivity (Wildman–Crippen MR) is 141 cm³/mol. The van der Waals surface area contributed by atoms with Crippen molar-refractivity contribution in [2.75, 3.05) is 45.6 Å². The second kappa shape index (κ2) is 10.8. The monoisotopic (exact) mass is 563 g/mol. The van der Waals surface area contributed by atoms with Crippen LogP contribution in [0.5, 0.6) is 0 Å². The van der Waals surface area contributed by atoms with Gasteiger partial charge in [0, 0.05) is 43.5 Å². The standard InChI is InChI=1S/C25H30FN5O5S2/c1-4-35-25(32)21-18(12-30-9-10-36-20-14-31(13-19(20)30)38(3,33)34)28-23(24-27-8-11-37-24)29-22(21)16-6-5-7-17(26)15(16)2/h5-8,11,19-20,22H,4,9-10,12-14H2,1-3H3,(H,28,29)/t19-,20+,22+/m1/s1. The van der Waals surface area contributed by atoms with Crippen molar-refractivity contribution in [1.82, 2.24) is 19.5 Å². The number of carbonyl (C=O) groups is 1. The SMILES string of the molecule is CCOC(=O)C1=C(CN2CCO[C@H]3CN(S(C)(=O)=O)C[C@H]32)NC(c2nccs2)=N[C@H]1c1cccc(F)c1C. The Balaban J connectivity index is 1.58. The van der Waals surface area contributed by atoms with E-state index < -0.39 is 22.0 Å². The Hall–Kier alpha value is -2.71. The Bertz CT molecular complexity index is 1380. The molecule has 1 N–H and O–H groups in total. The Morgan fingerprint density at radius 3 is 2.87 bits per heavy atom. The van der Waals surface area contributed by atoms with Crippen LogP contribution in [0.3, 0.4) is 0 Å². The molecule has 4 heterocycles. The minimum absolute atomic E-state index is 0.166. The lowest BCUT2D eigenvalue weighted by molar-refractivity contribution is -0.139. The molecule has 3 aliphatic rings. The van der Waals surface area contributed by atoms with E-state index in [0.29, 0.717) is 59.5 Å². The number of aromatic nitrogens is 1. The van der Waals surface area contributed by atoms with Crippen LogP contribution < -0.4 is 5.32 Å². The summed E-state index contributed by atoms with van der Waals surface area (Å²) in [6, 6.07) is 3.74. The van der Waals surface area contributed by atoms with Gasteiger partial charge in [-0.05, 0) is 31.0 Å². The quantitative estimate of drug-likeness (QED) is 0.508. The fourth-order valence-corrected chi connectivity index (χ4v) is 6.59. The van der Waals surface area contributed by atoms with Gasteiger partial charge in [0.05, 0.1) is 37.2 Å². The van der Waals surface area contributed by atoms with E-state index in [4.69, 9.17) is 14.5 Å². The molecule has 0 bridgehead atoms. The molecule has 0 unspecified atom stereocenters. The smallest absolute Gasteiger partial charge is 0.338 e. The number of thiazole rings is 1. The fraction of sp³-hybridized carbons (Fsp3) is 0.480. The van der Waals surface area contributed by atoms with Crippen LogP contribution in [0.2, 0.25) is 0 Å². The van der Waals surface area contributed by atoms with Gasteiger partial charge in [-0.1, -0.05) is 12.1 Å². The molecule has 2 saturated heterocycles. The van der Waals surface area contributed by atoms with Crippen LogP contribution in [0.15, 0.2) is 46.0 Å². The molecular weight excluding hydrogens is 533 g/mol. The van der Waals surface area contributed by atoms with Gasteiger partial charge in [-0.25, -0.2) is 22.6 Å². The topological polar surface area (TPSA) is 113 Å². The second-order valence-corrected chi connectivity index (χ2v) is 12.3. The molecule has 2 fully saturated rings. The first-order valence-electron chi connectivity index (χ1n) is 12.4. The molecule has 0 aliphatic carbocycles. The van der Waals surface area contributed by atoms with Crippen molar-refractivity contribution < 1.29 is 27.1 Å². The van der Waals surface area contributed by atoms with Gasteiger partial charge in [0.25, 0.3) is 0 Å². The third-order valence-electron chi connectivity index (χ3n) is 7.07. The highest BCUT2D eigenvalue weighted by Crippen LogP contribution is 2.36. The predicted octanol–water partition coefficient (Wildman–Crippen LogP) is 1.84. The fourth-order valence-electron chi connectivity index (χ4n) is 5.16. The molecular formula is C25H30FN5O5S2. The largest absolute Gasteiger partial charge is 0.463 e. The number of ether oxygens (including phenoxy) is 2. The summed E-state index contributed by atoms with van der Waals surface area (Å²) in [4.78, 5) is 24.8. The maximum absolute atomic E-state index is 14.6. The molecule has 3 aliphatic heterocycles. The number of amidine groups is 1. The Morgan fingerprint density at radius 2 is 2.16 bits per heavy atom. The highest BCUT2D eigenvalue weighted by Gasteiger charge is 2.44. The molecule has 1 aromatic carbocycles. The summed E-state index contributed by atoms with van der Waals surface area (Å²) in [5.74, 6) is -0.454. The van der Waals surface area contributed by atoms with Gasteiger partial charge in [-0.2, -0.15) is 4.31 Å². The van der Waals surface area contributed by atoms with Crippen molar-refractivity contribution >= 4 is 33.2 Å². The zero-order chi connectivity index (χ0) is 27.0. The average Bonchev–Trinajstić information content (AvgIpc) is 3.56. The number of benzene rings is 1. The van der Waals surface area contributed by atoms with Crippen molar-refractivity contribution in [3.8, 4) is 0 Å². The van der Waals surface area contributed by atoms with Crippen LogP contribution in [-0.2, 0) is 24.3 Å². The summed E-state index contributed by atoms with van der Waals surface area (Å²) in [6.45, 7) is 5.42. The number of morpholine rings is 1. The average molecular weight is 564 g/mol. The highest BCUT2D eigenvalue weighted by atomic mass is 32.2. The van der Waals surface area contributed by atoms with Gasteiger partial charge in [-0.15, -0.1) is 11.3 Å². The number of halogens is 1. The first-order valence-corrected chi connectivity index (χ1v) is 15.1. The number of aliphatic imine (C=N–C) groups is 1. The third-order valence-corrected chi connectivity index (χ3v) is 9.09. The highest BCUT2D eigenvalue weighted by molar-refractivity contribution is 7.88. The number of nitrogens with zero attached hydrogens (tertiary/aromatic N) is 4. The minimum atomic E-state index is -3.38. The maximum Gasteiger partial charge on any atom is 0.338 e. The van der Waals surface area contributed by atoms with Crippen LogP contribution in [0.4, 0.5) is 4.39 Å². The molecule has 5 rings (SSSR count). The third kappa shape index (κ3) is 5.25. The number of rotatable bonds is 7. The summed E-state index contributed by atoms with van der Waals surface area (Å²) in [6.07, 6.45) is 2.59. The molecule has 13 heteroatoms. The summed E-state index contributed by atoms with van der Waals surface area (Å²) in [5, 5.41) is 5.78. The van der Waals surface area contributed by atoms with Gasteiger partial charge in [-0.3, -0.25) is 9.89 Å². The molecule has 0 saturated carbocycles. The van der Waals surface area contributed by atoms with Gasteiger partial charge in [0.15, 0.2) is 10.8 Å². The maximum atomic E-state index is 14.6. The number of esters is 1. The van der Waals surface area contributed by atoms with Crippen molar-refractivity contribution in [1.29, 1.82) is 0 Å². The summed E-state index contributed by atoms with van der Waals surface area (Å²) in [7, 11) is -3.38. The van der Waals surface area contributed by atoms with Gasteiger partial charge in [0.1, 0.15) is 11.9 Å². The van der Waals surface area contributed by atoms with Crippen molar-refractivity contribution in [3.63, 3.8) is 0 Å². The number of fused-ring (bicyclic) bond motifs is 1. The zero-order valence-electron chi connectivity index (χ0n) is 21.4. The van der Waals surface area contributed by atoms with Gasteiger partial charge >= 0.3 is 5.97 Å². The lowest BCUT2D eigenvalue weighted by atomic mass is 9.92. The summed E-state index contributed by atoms with van der Waals surface area (Å²) >= 11 is 1.40. The molecule has 0 radical (unpaired) electrons. The van der Waals surface area contributed by atoms with Crippen LogP contribution in [0.1, 0.15) is 29.1 Å². The molecule has 10 nitrogen and oxygen atoms in total. The van der Waals surface area contributed by atoms with Gasteiger partial charge < -0.3 is 14.8 Å². The molecule has 204 valence electrons. The molecule has 0 amide bonds. The Morgan fingerprint density at radius 1 is 1.34 bits per heavy atom. The first-order chi connectivity index (χ1) is 18.2. The van der Waals surface area contributed by atoms with Crippen LogP contribution in [-0.4, -0.2) is 92.2 Å². The second-order valence-electron chi connectivity index (χ2n) is 9.44. The molecule has 1 aromatic heterocycles. The van der Waals surface area contributed by atoms with Crippen LogP contribution in [0, 0.1) is 12.7 Å². The number of nitrogens with one attached hydrogen (secondary N) is 1. The number of carbonyl (C=O) groups excluding carboxylic acids is 1. The molecule has 3 atom stereocenters. The zero-order valence-corrected chi connectivity index (χ0v) is 23.0. The van der Waals surface area contributed by atoms with E-state index in [1.165, 1.54) is 28.0 Å². The normalized spacial score (nSPS) is 24.6. The van der Waals surface area contributed by atoms with E-state index in [9.17, 15) is 17.6 Å². The lowest BCUT2D eigenvalue weighted by Crippen LogP contribution is -2.53. The van der Waals surface area contributed by atoms with E-state index in [1.807, 2.05) is 5.38 Å². The molecule has 0 spiro atoms. The lowest BCUT2D eigenvalue weighted by Gasteiger charge is -2.38. The Labute approximate surface area is 225 Å². The summed E-state index contributed by atoms with van der Waals surface area (Å²) in [5.41, 5.74) is 1.82. The van der Waals surface area contributed by atoms with Crippen LogP contribution in [0.25, 0.3) is 0 Å². The van der Waals surface area contributed by atoms with Crippen molar-refractivity contribution in [2.24, 2.45) is 4.99 Å². The van der Waals surface area contributed by atoms with Crippen molar-refractivity contribution in [3.05, 3.63) is 63.0 Å². The molecule has 2 aromatic rings. The van der Waals surface area contributed by atoms with E-state index in [-0.39, 0.29) is 31.1 Å². The van der Waals surface area contributed by atoms with Crippen molar-refractivity contribution in [2.45, 2.75) is 32.0 Å². The minimum Gasteiger partial charge on any atom is -0.463 e. The van der Waals surface area contributed by atoms with Crippen LogP contribution >= 0.6 is 11.3 Å². The summed E-state index contributed by atoms with van der Waals surface area (Å²) < 4.78 is 51.9. The van der Waals surface area contributed by atoms with Gasteiger partial charge in [0.2, 0.25) is 10.0 Å². The number of hydrogen-bond donors (Lipinski definition) is 1. The van der Waals surface area contributed by atoms with E-state index in [1.54, 1.807) is 32.2 Å². The van der Waals surface area contributed by atoms with E-state index in [2.05, 4.69) is 15.2 Å². The number of sulfonamides is 1. The van der Waals surface area contributed by atoms with E-state index in [0.717, 1.165) is 0 Å².